The molecule has 0 bridgehead atoms. The number of rotatable bonds is 3. The monoisotopic (exact) mass is 285 g/mol. The van der Waals surface area contributed by atoms with Crippen LogP contribution in [0.4, 0.5) is 5.95 Å². The van der Waals surface area contributed by atoms with Crippen LogP contribution >= 0.6 is 0 Å². The third kappa shape index (κ3) is 2.51. The third-order valence-corrected chi connectivity index (χ3v) is 3.80. The first-order valence-corrected chi connectivity index (χ1v) is 7.26. The van der Waals surface area contributed by atoms with Crippen LogP contribution < -0.4 is 5.32 Å². The number of esters is 1. The zero-order valence-electron chi connectivity index (χ0n) is 12.3. The van der Waals surface area contributed by atoms with Gasteiger partial charge in [0.1, 0.15) is 0 Å². The number of ether oxygens (including phenoxy) is 1. The smallest absolute Gasteiger partial charge is 0.358 e. The van der Waals surface area contributed by atoms with Crippen LogP contribution in [0, 0.1) is 6.92 Å². The summed E-state index contributed by atoms with van der Waals surface area (Å²) < 4.78 is 7.07. The Hall–Kier alpha value is -2.30. The van der Waals surface area contributed by atoms with Crippen LogP contribution in [0.3, 0.4) is 0 Å². The van der Waals surface area contributed by atoms with Crippen molar-refractivity contribution in [3.05, 3.63) is 47.3 Å². The van der Waals surface area contributed by atoms with Crippen molar-refractivity contribution in [3.8, 4) is 0 Å². The highest BCUT2D eigenvalue weighted by Crippen LogP contribution is 2.31. The van der Waals surface area contributed by atoms with Gasteiger partial charge >= 0.3 is 5.97 Å². The number of hydrogen-bond acceptors (Lipinski definition) is 4. The Morgan fingerprint density at radius 3 is 3.05 bits per heavy atom. The molecule has 1 aliphatic rings. The van der Waals surface area contributed by atoms with Gasteiger partial charge < -0.3 is 14.6 Å². The lowest BCUT2D eigenvalue weighted by molar-refractivity contribution is 0.0520. The normalized spacial score (nSPS) is 17.0. The second-order valence-electron chi connectivity index (χ2n) is 5.17. The summed E-state index contributed by atoms with van der Waals surface area (Å²) in [6, 6.07) is 8.55. The molecule has 21 heavy (non-hydrogen) atoms. The quantitative estimate of drug-likeness (QED) is 0.881. The molecule has 1 unspecified atom stereocenters. The molecule has 0 radical (unpaired) electrons. The van der Waals surface area contributed by atoms with Crippen molar-refractivity contribution in [3.63, 3.8) is 0 Å². The van der Waals surface area contributed by atoms with Crippen molar-refractivity contribution in [2.75, 3.05) is 18.5 Å². The van der Waals surface area contributed by atoms with Crippen LogP contribution in [-0.4, -0.2) is 28.7 Å². The van der Waals surface area contributed by atoms with Gasteiger partial charge in [-0.05, 0) is 31.4 Å². The van der Waals surface area contributed by atoms with Gasteiger partial charge in [-0.25, -0.2) is 9.78 Å². The molecule has 1 N–H and O–H groups in total. The first kappa shape index (κ1) is 13.7. The van der Waals surface area contributed by atoms with Crippen molar-refractivity contribution >= 4 is 11.9 Å². The molecule has 2 heterocycles. The van der Waals surface area contributed by atoms with Gasteiger partial charge in [-0.1, -0.05) is 24.3 Å². The number of benzene rings is 1. The number of nitrogens with zero attached hydrogens (tertiary/aromatic N) is 2. The van der Waals surface area contributed by atoms with Gasteiger partial charge in [-0.15, -0.1) is 0 Å². The predicted molar refractivity (Wildman–Crippen MR) is 80.6 cm³/mol. The van der Waals surface area contributed by atoms with Gasteiger partial charge in [-0.3, -0.25) is 0 Å². The van der Waals surface area contributed by atoms with Gasteiger partial charge in [0.25, 0.3) is 0 Å². The molecular weight excluding hydrogens is 266 g/mol. The van der Waals surface area contributed by atoms with E-state index >= 15 is 0 Å². The Morgan fingerprint density at radius 1 is 1.48 bits per heavy atom. The Bertz CT molecular complexity index is 663. The number of hydrogen-bond donors (Lipinski definition) is 1. The van der Waals surface area contributed by atoms with E-state index in [0.29, 0.717) is 12.3 Å². The van der Waals surface area contributed by atoms with Crippen LogP contribution in [0.1, 0.15) is 41.0 Å². The van der Waals surface area contributed by atoms with Crippen molar-refractivity contribution in [2.24, 2.45) is 0 Å². The van der Waals surface area contributed by atoms with Gasteiger partial charge in [-0.2, -0.15) is 0 Å². The van der Waals surface area contributed by atoms with Crippen molar-refractivity contribution < 1.29 is 9.53 Å². The Labute approximate surface area is 124 Å². The zero-order chi connectivity index (χ0) is 14.8. The van der Waals surface area contributed by atoms with Crippen LogP contribution in [0.2, 0.25) is 0 Å². The molecule has 2 aromatic rings. The molecule has 0 spiro atoms. The number of anilines is 1. The summed E-state index contributed by atoms with van der Waals surface area (Å²) in [5.74, 6) is 0.363. The Kier molecular flexibility index (Phi) is 3.64. The first-order chi connectivity index (χ1) is 10.2. The molecule has 3 rings (SSSR count). The second kappa shape index (κ2) is 5.60. The minimum Gasteiger partial charge on any atom is -0.461 e. The standard InChI is InChI=1S/C16H19N3O2/c1-3-21-15(20)13-10-19-14(8-9-17-16(19)18-13)12-7-5-4-6-11(12)2/h4-7,10,14H,3,8-9H2,1-2H3,(H,17,18). The second-order valence-corrected chi connectivity index (χ2v) is 5.17. The average molecular weight is 285 g/mol. The highest BCUT2D eigenvalue weighted by molar-refractivity contribution is 5.87. The molecule has 110 valence electrons. The third-order valence-electron chi connectivity index (χ3n) is 3.80. The maximum atomic E-state index is 11.8. The Morgan fingerprint density at radius 2 is 2.29 bits per heavy atom. The lowest BCUT2D eigenvalue weighted by atomic mass is 9.98. The molecule has 5 heteroatoms. The number of carbonyl (C=O) groups excluding carboxylic acids is 1. The fourth-order valence-corrected chi connectivity index (χ4v) is 2.79. The minimum atomic E-state index is -0.371. The first-order valence-electron chi connectivity index (χ1n) is 7.26. The fraction of sp³-hybridized carbons (Fsp3) is 0.375. The molecule has 0 aliphatic carbocycles. The van der Waals surface area contributed by atoms with E-state index in [4.69, 9.17) is 4.74 Å². The lowest BCUT2D eigenvalue weighted by Crippen LogP contribution is -2.23. The highest BCUT2D eigenvalue weighted by atomic mass is 16.5. The molecule has 1 aromatic heterocycles. The van der Waals surface area contributed by atoms with E-state index < -0.39 is 0 Å². The van der Waals surface area contributed by atoms with Crippen LogP contribution in [0.25, 0.3) is 0 Å². The minimum absolute atomic E-state index is 0.207. The summed E-state index contributed by atoms with van der Waals surface area (Å²) in [6.07, 6.45) is 2.76. The summed E-state index contributed by atoms with van der Waals surface area (Å²) in [5.41, 5.74) is 2.88. The summed E-state index contributed by atoms with van der Waals surface area (Å²) in [7, 11) is 0. The SMILES string of the molecule is CCOC(=O)c1cn2c(n1)NCCC2c1ccccc1C. The fourth-order valence-electron chi connectivity index (χ4n) is 2.79. The van der Waals surface area contributed by atoms with Gasteiger partial charge in [0.05, 0.1) is 12.6 Å². The van der Waals surface area contributed by atoms with Crippen molar-refractivity contribution in [1.29, 1.82) is 0 Å². The maximum Gasteiger partial charge on any atom is 0.358 e. The van der Waals surface area contributed by atoms with Crippen molar-refractivity contribution in [1.82, 2.24) is 9.55 Å². The molecular formula is C16H19N3O2. The molecule has 0 saturated heterocycles. The number of imidazole rings is 1. The van der Waals surface area contributed by atoms with E-state index in [9.17, 15) is 4.79 Å². The highest BCUT2D eigenvalue weighted by Gasteiger charge is 2.25. The van der Waals surface area contributed by atoms with E-state index in [1.165, 1.54) is 11.1 Å². The summed E-state index contributed by atoms with van der Waals surface area (Å²) in [5, 5.41) is 3.24. The molecule has 1 atom stereocenters. The molecule has 0 fully saturated rings. The maximum absolute atomic E-state index is 11.8. The number of nitrogens with one attached hydrogen (secondary N) is 1. The molecule has 0 saturated carbocycles. The number of aryl methyl sites for hydroxylation is 1. The van der Waals surface area contributed by atoms with E-state index in [1.54, 1.807) is 13.1 Å². The molecule has 5 nitrogen and oxygen atoms in total. The largest absolute Gasteiger partial charge is 0.461 e. The summed E-state index contributed by atoms with van der Waals surface area (Å²) >= 11 is 0. The van der Waals surface area contributed by atoms with E-state index in [1.807, 2.05) is 16.7 Å². The van der Waals surface area contributed by atoms with Crippen LogP contribution in [0.15, 0.2) is 30.5 Å². The van der Waals surface area contributed by atoms with Crippen molar-refractivity contribution in [2.45, 2.75) is 26.3 Å². The average Bonchev–Trinajstić information content (AvgIpc) is 2.92. The molecule has 1 aromatic carbocycles. The molecule has 1 aliphatic heterocycles. The van der Waals surface area contributed by atoms with Crippen LogP contribution in [0.5, 0.6) is 0 Å². The number of aromatic nitrogens is 2. The van der Waals surface area contributed by atoms with Gasteiger partial charge in [0.15, 0.2) is 5.69 Å². The summed E-state index contributed by atoms with van der Waals surface area (Å²) in [4.78, 5) is 16.2. The Balaban J connectivity index is 1.98. The van der Waals surface area contributed by atoms with E-state index in [0.717, 1.165) is 18.9 Å². The van der Waals surface area contributed by atoms with E-state index in [2.05, 4.69) is 29.4 Å². The van der Waals surface area contributed by atoms with Crippen LogP contribution in [-0.2, 0) is 4.74 Å². The summed E-state index contributed by atoms with van der Waals surface area (Å²) in [6.45, 7) is 5.11. The molecule has 0 amide bonds. The topological polar surface area (TPSA) is 56.2 Å². The lowest BCUT2D eigenvalue weighted by Gasteiger charge is -2.27. The van der Waals surface area contributed by atoms with E-state index in [-0.39, 0.29) is 12.0 Å². The van der Waals surface area contributed by atoms with Gasteiger partial charge in [0, 0.05) is 12.7 Å². The zero-order valence-corrected chi connectivity index (χ0v) is 12.3. The number of carbonyl (C=O) groups is 1. The predicted octanol–water partition coefficient (Wildman–Crippen LogP) is 2.77. The van der Waals surface area contributed by atoms with Gasteiger partial charge in [0.2, 0.25) is 5.95 Å². The number of fused-ring (bicyclic) bond motifs is 1.